The van der Waals surface area contributed by atoms with Crippen LogP contribution in [-0.4, -0.2) is 35.3 Å². The molecular weight excluding hydrogens is 348 g/mol. The average molecular weight is 381 g/mol. The van der Waals surface area contributed by atoms with E-state index in [1.807, 2.05) is 69.3 Å². The van der Waals surface area contributed by atoms with Gasteiger partial charge in [0.1, 0.15) is 6.04 Å². The van der Waals surface area contributed by atoms with E-state index >= 15 is 0 Å². The van der Waals surface area contributed by atoms with E-state index in [0.717, 1.165) is 24.0 Å². The Morgan fingerprint density at radius 1 is 0.893 bits per heavy atom. The Morgan fingerprint density at radius 3 is 1.96 bits per heavy atom. The Balaban J connectivity index is 2.05. The van der Waals surface area contributed by atoms with Crippen LogP contribution in [0.2, 0.25) is 0 Å². The van der Waals surface area contributed by atoms with Crippen LogP contribution < -0.4 is 5.32 Å². The minimum absolute atomic E-state index is 0.0200. The van der Waals surface area contributed by atoms with Gasteiger partial charge in [-0.15, -0.1) is 0 Å². The third kappa shape index (κ3) is 6.84. The lowest BCUT2D eigenvalue weighted by molar-refractivity contribution is -0.140. The summed E-state index contributed by atoms with van der Waals surface area (Å²) in [5.74, 6) is -0.0675. The van der Waals surface area contributed by atoms with Gasteiger partial charge in [0.2, 0.25) is 11.8 Å². The van der Waals surface area contributed by atoms with Gasteiger partial charge in [-0.05, 0) is 44.2 Å². The monoisotopic (exact) mass is 380 g/mol. The molecular formula is C24H32N2O2. The van der Waals surface area contributed by atoms with E-state index in [0.29, 0.717) is 19.4 Å². The second-order valence-electron chi connectivity index (χ2n) is 7.30. The molecule has 0 saturated heterocycles. The zero-order valence-electron chi connectivity index (χ0n) is 17.2. The van der Waals surface area contributed by atoms with E-state index in [2.05, 4.69) is 17.4 Å². The highest BCUT2D eigenvalue weighted by molar-refractivity contribution is 5.87. The molecule has 0 fully saturated rings. The number of aryl methyl sites for hydroxylation is 1. The van der Waals surface area contributed by atoms with Crippen molar-refractivity contribution in [1.29, 1.82) is 0 Å². The number of hydrogen-bond donors (Lipinski definition) is 1. The van der Waals surface area contributed by atoms with E-state index < -0.39 is 6.04 Å². The van der Waals surface area contributed by atoms with E-state index in [4.69, 9.17) is 0 Å². The van der Waals surface area contributed by atoms with Crippen LogP contribution in [-0.2, 0) is 22.4 Å². The van der Waals surface area contributed by atoms with Crippen molar-refractivity contribution in [2.24, 2.45) is 0 Å². The van der Waals surface area contributed by atoms with Crippen molar-refractivity contribution >= 4 is 11.8 Å². The molecule has 0 aliphatic carbocycles. The Kier molecular flexibility index (Phi) is 8.73. The molecule has 0 heterocycles. The van der Waals surface area contributed by atoms with Gasteiger partial charge in [0.15, 0.2) is 0 Å². The highest BCUT2D eigenvalue weighted by Crippen LogP contribution is 2.11. The van der Waals surface area contributed by atoms with Crippen LogP contribution in [0.5, 0.6) is 0 Å². The van der Waals surface area contributed by atoms with Gasteiger partial charge < -0.3 is 10.2 Å². The molecule has 0 spiro atoms. The highest BCUT2D eigenvalue weighted by Gasteiger charge is 2.26. The largest absolute Gasteiger partial charge is 0.352 e. The lowest BCUT2D eigenvalue weighted by atomic mass is 10.1. The summed E-state index contributed by atoms with van der Waals surface area (Å²) in [6, 6.07) is 19.7. The fourth-order valence-electron chi connectivity index (χ4n) is 3.08. The quantitative estimate of drug-likeness (QED) is 0.677. The summed E-state index contributed by atoms with van der Waals surface area (Å²) in [5, 5.41) is 3.00. The maximum Gasteiger partial charge on any atom is 0.242 e. The number of carbonyl (C=O) groups is 2. The molecule has 28 heavy (non-hydrogen) atoms. The van der Waals surface area contributed by atoms with Crippen LogP contribution in [0.1, 0.15) is 44.7 Å². The topological polar surface area (TPSA) is 49.4 Å². The van der Waals surface area contributed by atoms with Gasteiger partial charge in [-0.3, -0.25) is 9.59 Å². The molecule has 0 aliphatic heterocycles. The minimum Gasteiger partial charge on any atom is -0.352 e. The molecule has 150 valence electrons. The summed E-state index contributed by atoms with van der Waals surface area (Å²) in [6.07, 6.45) is 2.68. The fraction of sp³-hybridized carbons (Fsp3) is 0.417. The maximum atomic E-state index is 13.0. The summed E-state index contributed by atoms with van der Waals surface area (Å²) in [6.45, 7) is 6.37. The smallest absolute Gasteiger partial charge is 0.242 e. The summed E-state index contributed by atoms with van der Waals surface area (Å²) >= 11 is 0. The molecule has 1 N–H and O–H groups in total. The molecule has 0 aliphatic rings. The number of amides is 2. The predicted molar refractivity (Wildman–Crippen MR) is 114 cm³/mol. The van der Waals surface area contributed by atoms with Crippen LogP contribution in [0.3, 0.4) is 0 Å². The Morgan fingerprint density at radius 2 is 1.43 bits per heavy atom. The van der Waals surface area contributed by atoms with Crippen molar-refractivity contribution in [2.45, 2.75) is 58.5 Å². The highest BCUT2D eigenvalue weighted by atomic mass is 16.2. The second-order valence-corrected chi connectivity index (χ2v) is 7.30. The minimum atomic E-state index is -0.485. The first kappa shape index (κ1) is 21.7. The SMILES string of the molecule is CC[C@H](C)NC(=O)[C@H](C)N(CCc1ccccc1)C(=O)CCc1ccccc1. The van der Waals surface area contributed by atoms with Gasteiger partial charge in [0, 0.05) is 19.0 Å². The fourth-order valence-corrected chi connectivity index (χ4v) is 3.08. The third-order valence-corrected chi connectivity index (χ3v) is 5.12. The Bertz CT molecular complexity index is 731. The second kappa shape index (κ2) is 11.3. The molecule has 0 saturated carbocycles. The average Bonchev–Trinajstić information content (AvgIpc) is 2.73. The number of hydrogen-bond acceptors (Lipinski definition) is 2. The van der Waals surface area contributed by atoms with E-state index in [-0.39, 0.29) is 17.9 Å². The summed E-state index contributed by atoms with van der Waals surface area (Å²) in [5.41, 5.74) is 2.30. The Hall–Kier alpha value is -2.62. The van der Waals surface area contributed by atoms with Crippen molar-refractivity contribution in [3.63, 3.8) is 0 Å². The predicted octanol–water partition coefficient (Wildman–Crippen LogP) is 3.99. The summed E-state index contributed by atoms with van der Waals surface area (Å²) in [4.78, 5) is 27.4. The van der Waals surface area contributed by atoms with Crippen molar-refractivity contribution < 1.29 is 9.59 Å². The van der Waals surface area contributed by atoms with Crippen molar-refractivity contribution in [3.05, 3.63) is 71.8 Å². The van der Waals surface area contributed by atoms with Crippen molar-refractivity contribution in [2.75, 3.05) is 6.54 Å². The zero-order valence-corrected chi connectivity index (χ0v) is 17.2. The standard InChI is InChI=1S/C24H32N2O2/c1-4-19(2)25-24(28)20(3)26(18-17-22-13-9-6-10-14-22)23(27)16-15-21-11-7-5-8-12-21/h5-14,19-20H,4,15-18H2,1-3H3,(H,25,28)/t19-,20-/m0/s1. The van der Waals surface area contributed by atoms with Crippen LogP contribution >= 0.6 is 0 Å². The molecule has 4 nitrogen and oxygen atoms in total. The normalized spacial score (nSPS) is 12.8. The van der Waals surface area contributed by atoms with E-state index in [1.165, 1.54) is 0 Å². The molecule has 2 amide bonds. The Labute approximate surface area is 169 Å². The molecule has 0 aromatic heterocycles. The van der Waals surface area contributed by atoms with Crippen LogP contribution in [0.4, 0.5) is 0 Å². The van der Waals surface area contributed by atoms with Crippen LogP contribution in [0.15, 0.2) is 60.7 Å². The van der Waals surface area contributed by atoms with Crippen molar-refractivity contribution in [1.82, 2.24) is 10.2 Å². The van der Waals surface area contributed by atoms with Crippen LogP contribution in [0, 0.1) is 0 Å². The van der Waals surface area contributed by atoms with Gasteiger partial charge >= 0.3 is 0 Å². The first-order valence-electron chi connectivity index (χ1n) is 10.2. The summed E-state index contributed by atoms with van der Waals surface area (Å²) < 4.78 is 0. The van der Waals surface area contributed by atoms with Gasteiger partial charge in [0.25, 0.3) is 0 Å². The number of benzene rings is 2. The number of rotatable bonds is 10. The van der Waals surface area contributed by atoms with Gasteiger partial charge in [-0.25, -0.2) is 0 Å². The molecule has 2 rings (SSSR count). The number of nitrogens with one attached hydrogen (secondary N) is 1. The first-order valence-corrected chi connectivity index (χ1v) is 10.2. The molecule has 2 atom stereocenters. The van der Waals surface area contributed by atoms with E-state index in [1.54, 1.807) is 4.90 Å². The lowest BCUT2D eigenvalue weighted by Gasteiger charge is -2.29. The lowest BCUT2D eigenvalue weighted by Crippen LogP contribution is -2.50. The van der Waals surface area contributed by atoms with E-state index in [9.17, 15) is 9.59 Å². The molecule has 0 radical (unpaired) electrons. The first-order chi connectivity index (χ1) is 13.5. The molecule has 2 aromatic rings. The molecule has 4 heteroatoms. The van der Waals surface area contributed by atoms with Gasteiger partial charge in [-0.2, -0.15) is 0 Å². The maximum absolute atomic E-state index is 13.0. The van der Waals surface area contributed by atoms with Gasteiger partial charge in [-0.1, -0.05) is 67.6 Å². The molecule has 0 unspecified atom stereocenters. The third-order valence-electron chi connectivity index (χ3n) is 5.12. The van der Waals surface area contributed by atoms with Gasteiger partial charge in [0.05, 0.1) is 0 Å². The molecule has 0 bridgehead atoms. The number of carbonyl (C=O) groups excluding carboxylic acids is 2. The van der Waals surface area contributed by atoms with Crippen LogP contribution in [0.25, 0.3) is 0 Å². The van der Waals surface area contributed by atoms with Crippen molar-refractivity contribution in [3.8, 4) is 0 Å². The number of nitrogens with zero attached hydrogens (tertiary/aromatic N) is 1. The molecule has 2 aromatic carbocycles. The summed E-state index contributed by atoms with van der Waals surface area (Å²) in [7, 11) is 0. The zero-order chi connectivity index (χ0) is 20.4.